The Bertz CT molecular complexity index is 311. The molecule has 0 aliphatic carbocycles. The second-order valence-electron chi connectivity index (χ2n) is 4.92. The van der Waals surface area contributed by atoms with E-state index in [1.54, 1.807) is 0 Å². The molecule has 1 heterocycles. The topological polar surface area (TPSA) is 105 Å². The number of nitrogens with zero attached hydrogens (tertiary/aromatic N) is 1. The number of nitrogens with one attached hydrogen (secondary N) is 1. The second-order valence-corrected chi connectivity index (χ2v) is 4.92. The summed E-state index contributed by atoms with van der Waals surface area (Å²) in [7, 11) is 1.33. The van der Waals surface area contributed by atoms with Crippen molar-refractivity contribution < 1.29 is 19.4 Å². The van der Waals surface area contributed by atoms with Gasteiger partial charge < -0.3 is 20.9 Å². The Labute approximate surface area is 113 Å². The van der Waals surface area contributed by atoms with Gasteiger partial charge in [0.1, 0.15) is 0 Å². The molecule has 4 N–H and O–H groups in total. The van der Waals surface area contributed by atoms with Gasteiger partial charge in [-0.15, -0.1) is 0 Å². The molecule has 19 heavy (non-hydrogen) atoms. The smallest absolute Gasteiger partial charge is 0.407 e. The summed E-state index contributed by atoms with van der Waals surface area (Å²) in [5.41, 5.74) is 5.55. The Morgan fingerprint density at radius 3 is 2.79 bits per heavy atom. The van der Waals surface area contributed by atoms with Gasteiger partial charge in [-0.1, -0.05) is 0 Å². The first-order chi connectivity index (χ1) is 9.05. The van der Waals surface area contributed by atoms with E-state index >= 15 is 0 Å². The minimum absolute atomic E-state index is 0.00783. The average Bonchev–Trinajstić information content (AvgIpc) is 2.36. The lowest BCUT2D eigenvalue weighted by Gasteiger charge is -2.37. The summed E-state index contributed by atoms with van der Waals surface area (Å²) in [4.78, 5) is 24.0. The number of carbonyl (C=O) groups is 2. The second kappa shape index (κ2) is 7.96. The summed E-state index contributed by atoms with van der Waals surface area (Å²) in [6.07, 6.45) is 1.11. The molecule has 0 spiro atoms. The van der Waals surface area contributed by atoms with Crippen LogP contribution in [0.2, 0.25) is 0 Å². The number of aliphatic carboxylic acids is 1. The van der Waals surface area contributed by atoms with Crippen molar-refractivity contribution in [3.8, 4) is 0 Å². The van der Waals surface area contributed by atoms with Gasteiger partial charge in [0.05, 0.1) is 7.11 Å². The number of rotatable bonds is 6. The van der Waals surface area contributed by atoms with Gasteiger partial charge >= 0.3 is 12.1 Å². The highest BCUT2D eigenvalue weighted by molar-refractivity contribution is 5.67. The number of alkyl carbamates (subject to hydrolysis) is 1. The fourth-order valence-corrected chi connectivity index (χ4v) is 2.53. The lowest BCUT2D eigenvalue weighted by molar-refractivity contribution is -0.137. The van der Waals surface area contributed by atoms with Crippen molar-refractivity contribution in [1.82, 2.24) is 10.2 Å². The predicted octanol–water partition coefficient (Wildman–Crippen LogP) is -0.144. The zero-order chi connectivity index (χ0) is 14.3. The van der Waals surface area contributed by atoms with Crippen molar-refractivity contribution in [2.75, 3.05) is 33.3 Å². The zero-order valence-electron chi connectivity index (χ0n) is 11.3. The molecule has 1 saturated heterocycles. The molecule has 0 saturated carbocycles. The third kappa shape index (κ3) is 5.89. The van der Waals surface area contributed by atoms with Crippen molar-refractivity contribution >= 4 is 12.1 Å². The largest absolute Gasteiger partial charge is 0.481 e. The van der Waals surface area contributed by atoms with Gasteiger partial charge in [0.15, 0.2) is 0 Å². The highest BCUT2D eigenvalue weighted by Gasteiger charge is 2.28. The fraction of sp³-hybridized carbons (Fsp3) is 0.833. The van der Waals surface area contributed by atoms with E-state index in [4.69, 9.17) is 10.8 Å². The van der Waals surface area contributed by atoms with E-state index in [-0.39, 0.29) is 18.4 Å². The first kappa shape index (κ1) is 15.7. The fourth-order valence-electron chi connectivity index (χ4n) is 2.53. The highest BCUT2D eigenvalue weighted by atomic mass is 16.5. The zero-order valence-corrected chi connectivity index (χ0v) is 11.3. The van der Waals surface area contributed by atoms with E-state index in [1.165, 1.54) is 7.11 Å². The van der Waals surface area contributed by atoms with E-state index in [1.807, 2.05) is 0 Å². The van der Waals surface area contributed by atoms with Gasteiger partial charge in [-0.2, -0.15) is 0 Å². The maximum Gasteiger partial charge on any atom is 0.407 e. The molecule has 0 aromatic heterocycles. The Morgan fingerprint density at radius 2 is 2.21 bits per heavy atom. The number of nitrogens with two attached hydrogens (primary N) is 1. The number of ether oxygens (including phenoxy) is 1. The third-order valence-corrected chi connectivity index (χ3v) is 3.33. The van der Waals surface area contributed by atoms with E-state index in [0.717, 1.165) is 26.1 Å². The number of hydrogen-bond acceptors (Lipinski definition) is 5. The number of likely N-dealkylation sites (tertiary alicyclic amines) is 1. The molecule has 0 aromatic rings. The molecule has 1 rings (SSSR count). The normalized spacial score (nSPS) is 23.9. The number of carbonyl (C=O) groups excluding carboxylic acids is 1. The maximum absolute atomic E-state index is 11.2. The van der Waals surface area contributed by atoms with Crippen LogP contribution in [0, 0.1) is 5.92 Å². The summed E-state index contributed by atoms with van der Waals surface area (Å²) in [6.45, 7) is 2.87. The van der Waals surface area contributed by atoms with E-state index in [0.29, 0.717) is 13.0 Å². The molecular formula is C12H23N3O4. The average molecular weight is 273 g/mol. The summed E-state index contributed by atoms with van der Waals surface area (Å²) in [5.74, 6) is -0.521. The standard InChI is InChI=1S/C12H23N3O4/c1-19-12(18)14-10-6-9(2-3-11(16)17)7-15(8-10)5-4-13/h9-10H,2-8,13H2,1H3,(H,14,18)(H,16,17). The van der Waals surface area contributed by atoms with Gasteiger partial charge in [-0.05, 0) is 18.8 Å². The maximum atomic E-state index is 11.2. The molecule has 1 amide bonds. The summed E-state index contributed by atoms with van der Waals surface area (Å²) >= 11 is 0. The van der Waals surface area contributed by atoms with E-state index < -0.39 is 12.1 Å². The number of carboxylic acid groups (broad SMARTS) is 1. The van der Waals surface area contributed by atoms with Crippen molar-refractivity contribution in [3.05, 3.63) is 0 Å². The molecule has 1 aliphatic heterocycles. The van der Waals surface area contributed by atoms with Crippen LogP contribution in [-0.2, 0) is 9.53 Å². The van der Waals surface area contributed by atoms with Crippen LogP contribution in [0.5, 0.6) is 0 Å². The van der Waals surface area contributed by atoms with Crippen molar-refractivity contribution in [2.45, 2.75) is 25.3 Å². The van der Waals surface area contributed by atoms with E-state index in [9.17, 15) is 9.59 Å². The Kier molecular flexibility index (Phi) is 6.58. The molecule has 0 aromatic carbocycles. The number of amides is 1. The van der Waals surface area contributed by atoms with Gasteiger partial charge in [0, 0.05) is 38.6 Å². The van der Waals surface area contributed by atoms with Crippen LogP contribution in [0.15, 0.2) is 0 Å². The Morgan fingerprint density at radius 1 is 1.47 bits per heavy atom. The monoisotopic (exact) mass is 273 g/mol. The van der Waals surface area contributed by atoms with Crippen molar-refractivity contribution in [3.63, 3.8) is 0 Å². The van der Waals surface area contributed by atoms with Crippen LogP contribution >= 0.6 is 0 Å². The molecule has 110 valence electrons. The lowest BCUT2D eigenvalue weighted by Crippen LogP contribution is -2.51. The number of methoxy groups -OCH3 is 1. The third-order valence-electron chi connectivity index (χ3n) is 3.33. The molecule has 0 bridgehead atoms. The highest BCUT2D eigenvalue weighted by Crippen LogP contribution is 2.21. The van der Waals surface area contributed by atoms with Crippen LogP contribution < -0.4 is 11.1 Å². The Hall–Kier alpha value is -1.34. The number of piperidine rings is 1. The van der Waals surface area contributed by atoms with Crippen LogP contribution in [0.1, 0.15) is 19.3 Å². The van der Waals surface area contributed by atoms with Crippen LogP contribution in [0.3, 0.4) is 0 Å². The molecule has 1 aliphatic rings. The van der Waals surface area contributed by atoms with Gasteiger partial charge in [0.25, 0.3) is 0 Å². The number of hydrogen-bond donors (Lipinski definition) is 3. The van der Waals surface area contributed by atoms with Crippen LogP contribution in [0.25, 0.3) is 0 Å². The molecule has 0 radical (unpaired) electrons. The van der Waals surface area contributed by atoms with Gasteiger partial charge in [-0.25, -0.2) is 4.79 Å². The molecule has 1 fully saturated rings. The lowest BCUT2D eigenvalue weighted by atomic mass is 9.90. The molecule has 2 unspecified atom stereocenters. The van der Waals surface area contributed by atoms with Crippen LogP contribution in [0.4, 0.5) is 4.79 Å². The molecular weight excluding hydrogens is 250 g/mol. The first-order valence-electron chi connectivity index (χ1n) is 6.53. The van der Waals surface area contributed by atoms with E-state index in [2.05, 4.69) is 15.0 Å². The summed E-state index contributed by atoms with van der Waals surface area (Å²) in [6, 6.07) is -0.00783. The summed E-state index contributed by atoms with van der Waals surface area (Å²) in [5, 5.41) is 11.5. The van der Waals surface area contributed by atoms with Gasteiger partial charge in [0.2, 0.25) is 0 Å². The van der Waals surface area contributed by atoms with Crippen molar-refractivity contribution in [1.29, 1.82) is 0 Å². The Balaban J connectivity index is 2.51. The molecule has 2 atom stereocenters. The summed E-state index contributed by atoms with van der Waals surface area (Å²) < 4.78 is 4.59. The first-order valence-corrected chi connectivity index (χ1v) is 6.53. The number of carboxylic acids is 1. The minimum Gasteiger partial charge on any atom is -0.481 e. The SMILES string of the molecule is COC(=O)NC1CC(CCC(=O)O)CN(CCN)C1. The molecule has 7 nitrogen and oxygen atoms in total. The minimum atomic E-state index is -0.784. The predicted molar refractivity (Wildman–Crippen MR) is 69.8 cm³/mol. The van der Waals surface area contributed by atoms with Gasteiger partial charge in [-0.3, -0.25) is 9.69 Å². The molecule has 7 heteroatoms. The van der Waals surface area contributed by atoms with Crippen LogP contribution in [-0.4, -0.2) is 61.4 Å². The van der Waals surface area contributed by atoms with Crippen molar-refractivity contribution in [2.24, 2.45) is 11.7 Å². The quantitative estimate of drug-likeness (QED) is 0.622.